The molecular formula is C19H26ClNO4Si. The summed E-state index contributed by atoms with van der Waals surface area (Å²) in [5.41, 5.74) is 2.65. The number of benzene rings is 1. The monoisotopic (exact) mass is 395 g/mol. The van der Waals surface area contributed by atoms with Crippen molar-refractivity contribution in [3.63, 3.8) is 0 Å². The Bertz CT molecular complexity index is 712. The first-order valence-corrected chi connectivity index (χ1v) is 12.9. The summed E-state index contributed by atoms with van der Waals surface area (Å²) in [7, 11) is -1.30. The molecule has 0 saturated carbocycles. The standard InChI is InChI=1S/C19H26ClNO4Si/c1-5-24-18(22)17(21-19(23)25-9-10-26(2,3)4)14-11-13-7-6-8-16(20)15(13)12-14/h6-8,12,17H,5,9-11H2,1-4H3,(H,21,23). The van der Waals surface area contributed by atoms with Crippen LogP contribution in [0.1, 0.15) is 18.1 Å². The smallest absolute Gasteiger partial charge is 0.408 e. The number of amides is 1. The number of hydrogen-bond donors (Lipinski definition) is 1. The highest BCUT2D eigenvalue weighted by Gasteiger charge is 2.30. The van der Waals surface area contributed by atoms with Gasteiger partial charge in [-0.2, -0.15) is 0 Å². The van der Waals surface area contributed by atoms with Crippen molar-refractivity contribution < 1.29 is 19.1 Å². The summed E-state index contributed by atoms with van der Waals surface area (Å²) in [5, 5.41) is 3.28. The van der Waals surface area contributed by atoms with E-state index in [-0.39, 0.29) is 6.61 Å². The van der Waals surface area contributed by atoms with Crippen LogP contribution >= 0.6 is 11.6 Å². The van der Waals surface area contributed by atoms with Gasteiger partial charge in [-0.25, -0.2) is 9.59 Å². The predicted octanol–water partition coefficient (Wildman–Crippen LogP) is 4.28. The van der Waals surface area contributed by atoms with Crippen molar-refractivity contribution in [3.05, 3.63) is 39.9 Å². The summed E-state index contributed by atoms with van der Waals surface area (Å²) in [6.07, 6.45) is 1.78. The van der Waals surface area contributed by atoms with Gasteiger partial charge in [-0.3, -0.25) is 0 Å². The van der Waals surface area contributed by atoms with E-state index in [4.69, 9.17) is 21.1 Å². The van der Waals surface area contributed by atoms with Crippen molar-refractivity contribution >= 4 is 37.8 Å². The molecule has 2 rings (SSSR count). The fraction of sp³-hybridized carbons (Fsp3) is 0.474. The zero-order valence-corrected chi connectivity index (χ0v) is 17.5. The lowest BCUT2D eigenvalue weighted by Crippen LogP contribution is -2.43. The molecule has 0 aromatic heterocycles. The molecule has 0 bridgehead atoms. The van der Waals surface area contributed by atoms with Gasteiger partial charge < -0.3 is 14.8 Å². The fourth-order valence-electron chi connectivity index (χ4n) is 2.68. The molecule has 0 radical (unpaired) electrons. The van der Waals surface area contributed by atoms with E-state index in [2.05, 4.69) is 25.0 Å². The number of ether oxygens (including phenoxy) is 2. The van der Waals surface area contributed by atoms with E-state index in [0.717, 1.165) is 22.7 Å². The molecule has 1 unspecified atom stereocenters. The number of esters is 1. The molecule has 7 heteroatoms. The number of carbonyl (C=O) groups is 2. The first-order valence-electron chi connectivity index (χ1n) is 8.79. The number of hydrogen-bond acceptors (Lipinski definition) is 4. The number of halogens is 1. The van der Waals surface area contributed by atoms with E-state index in [9.17, 15) is 9.59 Å². The molecule has 0 saturated heterocycles. The molecule has 1 aliphatic carbocycles. The van der Waals surface area contributed by atoms with E-state index >= 15 is 0 Å². The molecule has 26 heavy (non-hydrogen) atoms. The Morgan fingerprint density at radius 1 is 1.27 bits per heavy atom. The molecule has 142 valence electrons. The third-order valence-electron chi connectivity index (χ3n) is 4.11. The van der Waals surface area contributed by atoms with Crippen LogP contribution in [0.5, 0.6) is 0 Å². The van der Waals surface area contributed by atoms with Crippen LogP contribution in [0.15, 0.2) is 23.8 Å². The molecule has 0 heterocycles. The highest BCUT2D eigenvalue weighted by Crippen LogP contribution is 2.32. The van der Waals surface area contributed by atoms with Gasteiger partial charge in [0.15, 0.2) is 6.04 Å². The van der Waals surface area contributed by atoms with Crippen LogP contribution in [0.4, 0.5) is 4.79 Å². The quantitative estimate of drug-likeness (QED) is 0.553. The molecule has 1 N–H and O–H groups in total. The van der Waals surface area contributed by atoms with E-state index in [1.165, 1.54) is 0 Å². The van der Waals surface area contributed by atoms with Crippen LogP contribution in [0.2, 0.25) is 30.7 Å². The van der Waals surface area contributed by atoms with Crippen molar-refractivity contribution in [1.82, 2.24) is 5.32 Å². The van der Waals surface area contributed by atoms with Crippen LogP contribution in [0.25, 0.3) is 6.08 Å². The Hall–Kier alpha value is -1.79. The molecule has 1 aliphatic rings. The van der Waals surface area contributed by atoms with Gasteiger partial charge in [0.25, 0.3) is 0 Å². The third-order valence-corrected chi connectivity index (χ3v) is 6.14. The second-order valence-electron chi connectivity index (χ2n) is 7.48. The summed E-state index contributed by atoms with van der Waals surface area (Å²) < 4.78 is 10.4. The molecular weight excluding hydrogens is 370 g/mol. The first kappa shape index (κ1) is 20.5. The van der Waals surface area contributed by atoms with Gasteiger partial charge in [-0.15, -0.1) is 0 Å². The SMILES string of the molecule is CCOC(=O)C(NC(=O)OCC[Si](C)(C)C)C1=Cc2c(Cl)cccc2C1. The van der Waals surface area contributed by atoms with Crippen LogP contribution < -0.4 is 5.32 Å². The minimum atomic E-state index is -1.30. The lowest BCUT2D eigenvalue weighted by atomic mass is 10.0. The van der Waals surface area contributed by atoms with E-state index in [0.29, 0.717) is 18.1 Å². The molecule has 1 amide bonds. The zero-order valence-electron chi connectivity index (χ0n) is 15.7. The van der Waals surface area contributed by atoms with Gasteiger partial charge in [0, 0.05) is 13.1 Å². The maximum atomic E-state index is 12.4. The molecule has 0 aliphatic heterocycles. The number of fused-ring (bicyclic) bond motifs is 1. The van der Waals surface area contributed by atoms with Crippen molar-refractivity contribution in [3.8, 4) is 0 Å². The third kappa shape index (κ3) is 5.61. The maximum absolute atomic E-state index is 12.4. The van der Waals surface area contributed by atoms with Crippen LogP contribution in [-0.4, -0.2) is 39.4 Å². The number of nitrogens with one attached hydrogen (secondary N) is 1. The van der Waals surface area contributed by atoms with Gasteiger partial charge in [0.1, 0.15) is 0 Å². The lowest BCUT2D eigenvalue weighted by Gasteiger charge is -2.20. The molecule has 1 atom stereocenters. The van der Waals surface area contributed by atoms with Crippen molar-refractivity contribution in [1.29, 1.82) is 0 Å². The summed E-state index contributed by atoms with van der Waals surface area (Å²) in [6.45, 7) is 8.95. The van der Waals surface area contributed by atoms with Gasteiger partial charge >= 0.3 is 12.1 Å². The Morgan fingerprint density at radius 2 is 2.00 bits per heavy atom. The minimum Gasteiger partial charge on any atom is -0.464 e. The predicted molar refractivity (Wildman–Crippen MR) is 106 cm³/mol. The average molecular weight is 396 g/mol. The second-order valence-corrected chi connectivity index (χ2v) is 13.5. The average Bonchev–Trinajstić information content (AvgIpc) is 2.97. The van der Waals surface area contributed by atoms with Crippen LogP contribution in [0, 0.1) is 0 Å². The molecule has 5 nitrogen and oxygen atoms in total. The van der Waals surface area contributed by atoms with Crippen molar-refractivity contribution in [2.75, 3.05) is 13.2 Å². The minimum absolute atomic E-state index is 0.239. The van der Waals surface area contributed by atoms with Gasteiger partial charge in [0.2, 0.25) is 0 Å². The van der Waals surface area contributed by atoms with Gasteiger partial charge in [-0.1, -0.05) is 49.5 Å². The highest BCUT2D eigenvalue weighted by molar-refractivity contribution is 6.76. The molecule has 1 aromatic carbocycles. The molecule has 1 aromatic rings. The number of alkyl carbamates (subject to hydrolysis) is 1. The molecule has 0 fully saturated rings. The van der Waals surface area contributed by atoms with E-state index < -0.39 is 26.2 Å². The Balaban J connectivity index is 2.08. The van der Waals surface area contributed by atoms with E-state index in [1.807, 2.05) is 18.2 Å². The van der Waals surface area contributed by atoms with E-state index in [1.54, 1.807) is 13.0 Å². The Kier molecular flexibility index (Phi) is 6.89. The number of carbonyl (C=O) groups excluding carboxylic acids is 2. The highest BCUT2D eigenvalue weighted by atomic mass is 35.5. The summed E-state index contributed by atoms with van der Waals surface area (Å²) in [6, 6.07) is 5.62. The zero-order chi connectivity index (χ0) is 19.3. The number of rotatable bonds is 7. The largest absolute Gasteiger partial charge is 0.464 e. The summed E-state index contributed by atoms with van der Waals surface area (Å²) in [4.78, 5) is 24.5. The topological polar surface area (TPSA) is 64.6 Å². The maximum Gasteiger partial charge on any atom is 0.408 e. The van der Waals surface area contributed by atoms with Gasteiger partial charge in [0.05, 0.1) is 13.2 Å². The first-order chi connectivity index (χ1) is 12.2. The van der Waals surface area contributed by atoms with Crippen molar-refractivity contribution in [2.45, 2.75) is 45.1 Å². The lowest BCUT2D eigenvalue weighted by molar-refractivity contribution is -0.144. The normalized spacial score (nSPS) is 14.3. The fourth-order valence-corrected chi connectivity index (χ4v) is 3.64. The second kappa shape index (κ2) is 8.73. The van der Waals surface area contributed by atoms with Crippen LogP contribution in [0.3, 0.4) is 0 Å². The van der Waals surface area contributed by atoms with Crippen molar-refractivity contribution in [2.24, 2.45) is 0 Å². The molecule has 0 spiro atoms. The Morgan fingerprint density at radius 3 is 2.62 bits per heavy atom. The van der Waals surface area contributed by atoms with Gasteiger partial charge in [-0.05, 0) is 42.2 Å². The van der Waals surface area contributed by atoms with Crippen LogP contribution in [-0.2, 0) is 20.7 Å². The Labute approximate surface area is 160 Å². The summed E-state index contributed by atoms with van der Waals surface area (Å²) in [5.74, 6) is -0.496. The summed E-state index contributed by atoms with van der Waals surface area (Å²) >= 11 is 6.23.